The van der Waals surface area contributed by atoms with Crippen LogP contribution in [0, 0.1) is 11.3 Å². The number of rotatable bonds is 3. The molecule has 1 aliphatic rings. The summed E-state index contributed by atoms with van der Waals surface area (Å²) < 4.78 is 1.76. The van der Waals surface area contributed by atoms with E-state index in [1.807, 2.05) is 6.07 Å². The second-order valence-corrected chi connectivity index (χ2v) is 4.06. The zero-order valence-corrected chi connectivity index (χ0v) is 9.43. The normalized spacial score (nSPS) is 19.2. The van der Waals surface area contributed by atoms with E-state index in [1.165, 1.54) is 0 Å². The molecule has 1 N–H and O–H groups in total. The molecule has 6 heteroatoms. The average Bonchev–Trinajstić information content (AvgIpc) is 2.79. The molecule has 1 unspecified atom stereocenters. The van der Waals surface area contributed by atoms with Crippen LogP contribution >= 0.6 is 0 Å². The molecule has 0 bridgehead atoms. The third-order valence-corrected chi connectivity index (χ3v) is 2.79. The number of nitrogens with zero attached hydrogens (tertiary/aromatic N) is 5. The SMILES string of the molecule is CC(CN1CCNCC1)n1cnc(C#N)n1. The zero-order chi connectivity index (χ0) is 11.4. The van der Waals surface area contributed by atoms with Gasteiger partial charge in [0.1, 0.15) is 12.4 Å². The summed E-state index contributed by atoms with van der Waals surface area (Å²) >= 11 is 0. The molecule has 1 aromatic rings. The van der Waals surface area contributed by atoms with Crippen molar-refractivity contribution in [2.24, 2.45) is 0 Å². The van der Waals surface area contributed by atoms with Crippen molar-refractivity contribution in [3.8, 4) is 6.07 Å². The van der Waals surface area contributed by atoms with Crippen LogP contribution in [0.15, 0.2) is 6.33 Å². The fourth-order valence-corrected chi connectivity index (χ4v) is 1.89. The van der Waals surface area contributed by atoms with E-state index in [0.717, 1.165) is 32.7 Å². The van der Waals surface area contributed by atoms with E-state index in [1.54, 1.807) is 11.0 Å². The third-order valence-electron chi connectivity index (χ3n) is 2.79. The van der Waals surface area contributed by atoms with Crippen LogP contribution in [0.5, 0.6) is 0 Å². The van der Waals surface area contributed by atoms with E-state index in [0.29, 0.717) is 0 Å². The maximum Gasteiger partial charge on any atom is 0.252 e. The van der Waals surface area contributed by atoms with Crippen molar-refractivity contribution in [2.75, 3.05) is 32.7 Å². The van der Waals surface area contributed by atoms with Crippen LogP contribution in [0.3, 0.4) is 0 Å². The van der Waals surface area contributed by atoms with Gasteiger partial charge in [0.15, 0.2) is 0 Å². The standard InChI is InChI=1S/C10H16N6/c1-9(7-15-4-2-12-3-5-15)16-8-13-10(6-11)14-16/h8-9,12H,2-5,7H2,1H3. The Kier molecular flexibility index (Phi) is 3.49. The Morgan fingerprint density at radius 2 is 2.31 bits per heavy atom. The summed E-state index contributed by atoms with van der Waals surface area (Å²) in [5.74, 6) is 0.243. The summed E-state index contributed by atoms with van der Waals surface area (Å²) in [6.45, 7) is 7.29. The molecular weight excluding hydrogens is 204 g/mol. The molecule has 0 saturated carbocycles. The van der Waals surface area contributed by atoms with Crippen LogP contribution in [0.25, 0.3) is 0 Å². The molecule has 1 fully saturated rings. The lowest BCUT2D eigenvalue weighted by molar-refractivity contribution is 0.207. The van der Waals surface area contributed by atoms with E-state index in [-0.39, 0.29) is 11.9 Å². The van der Waals surface area contributed by atoms with Gasteiger partial charge in [0.05, 0.1) is 6.04 Å². The minimum absolute atomic E-state index is 0.243. The van der Waals surface area contributed by atoms with Gasteiger partial charge in [-0.2, -0.15) is 5.26 Å². The van der Waals surface area contributed by atoms with Gasteiger partial charge in [0.25, 0.3) is 5.82 Å². The monoisotopic (exact) mass is 220 g/mol. The Hall–Kier alpha value is -1.45. The minimum Gasteiger partial charge on any atom is -0.314 e. The molecule has 0 aromatic carbocycles. The molecule has 1 aliphatic heterocycles. The van der Waals surface area contributed by atoms with Crippen molar-refractivity contribution in [3.63, 3.8) is 0 Å². The highest BCUT2D eigenvalue weighted by Gasteiger charge is 2.15. The van der Waals surface area contributed by atoms with Gasteiger partial charge in [-0.25, -0.2) is 9.67 Å². The van der Waals surface area contributed by atoms with Gasteiger partial charge in [0, 0.05) is 32.7 Å². The number of piperazine rings is 1. The van der Waals surface area contributed by atoms with Gasteiger partial charge in [-0.3, -0.25) is 4.90 Å². The summed E-state index contributed by atoms with van der Waals surface area (Å²) in [6, 6.07) is 2.20. The van der Waals surface area contributed by atoms with E-state index >= 15 is 0 Å². The van der Waals surface area contributed by atoms with Crippen LogP contribution in [0.1, 0.15) is 18.8 Å². The summed E-state index contributed by atoms with van der Waals surface area (Å²) in [4.78, 5) is 6.31. The fraction of sp³-hybridized carbons (Fsp3) is 0.700. The first-order valence-corrected chi connectivity index (χ1v) is 5.54. The first-order chi connectivity index (χ1) is 7.79. The molecule has 86 valence electrons. The van der Waals surface area contributed by atoms with Crippen molar-refractivity contribution < 1.29 is 0 Å². The predicted octanol–water partition coefficient (Wildman–Crippen LogP) is -0.384. The van der Waals surface area contributed by atoms with Gasteiger partial charge in [-0.05, 0) is 6.92 Å². The topological polar surface area (TPSA) is 69.8 Å². The molecule has 1 aromatic heterocycles. The molecule has 0 spiro atoms. The number of hydrogen-bond donors (Lipinski definition) is 1. The summed E-state index contributed by atoms with van der Waals surface area (Å²) in [7, 11) is 0. The van der Waals surface area contributed by atoms with E-state index < -0.39 is 0 Å². The summed E-state index contributed by atoms with van der Waals surface area (Å²) in [6.07, 6.45) is 1.63. The molecule has 0 aliphatic carbocycles. The molecule has 1 atom stereocenters. The summed E-state index contributed by atoms with van der Waals surface area (Å²) in [5, 5.41) is 16.1. The molecular formula is C10H16N6. The molecule has 0 radical (unpaired) electrons. The number of aromatic nitrogens is 3. The Labute approximate surface area is 94.9 Å². The Morgan fingerprint density at radius 1 is 1.56 bits per heavy atom. The van der Waals surface area contributed by atoms with Gasteiger partial charge >= 0.3 is 0 Å². The second kappa shape index (κ2) is 5.05. The van der Waals surface area contributed by atoms with Gasteiger partial charge in [0.2, 0.25) is 0 Å². The van der Waals surface area contributed by atoms with Crippen molar-refractivity contribution in [1.82, 2.24) is 25.0 Å². The highest BCUT2D eigenvalue weighted by atomic mass is 15.4. The van der Waals surface area contributed by atoms with Crippen molar-refractivity contribution in [3.05, 3.63) is 12.2 Å². The first-order valence-electron chi connectivity index (χ1n) is 5.54. The first kappa shape index (κ1) is 11.0. The zero-order valence-electron chi connectivity index (χ0n) is 9.43. The number of hydrogen-bond acceptors (Lipinski definition) is 5. The maximum atomic E-state index is 8.65. The smallest absolute Gasteiger partial charge is 0.252 e. The van der Waals surface area contributed by atoms with Crippen molar-refractivity contribution in [1.29, 1.82) is 5.26 Å². The van der Waals surface area contributed by atoms with Crippen LogP contribution in [0.4, 0.5) is 0 Å². The second-order valence-electron chi connectivity index (χ2n) is 4.06. The lowest BCUT2D eigenvalue weighted by atomic mass is 10.3. The third kappa shape index (κ3) is 2.56. The average molecular weight is 220 g/mol. The van der Waals surface area contributed by atoms with E-state index in [4.69, 9.17) is 5.26 Å². The van der Waals surface area contributed by atoms with Crippen LogP contribution in [-0.2, 0) is 0 Å². The predicted molar refractivity (Wildman–Crippen MR) is 58.8 cm³/mol. The molecule has 1 saturated heterocycles. The highest BCUT2D eigenvalue weighted by Crippen LogP contribution is 2.06. The highest BCUT2D eigenvalue weighted by molar-refractivity contribution is 5.05. The van der Waals surface area contributed by atoms with E-state index in [9.17, 15) is 0 Å². The molecule has 0 amide bonds. The lowest BCUT2D eigenvalue weighted by Gasteiger charge is -2.29. The van der Waals surface area contributed by atoms with Crippen LogP contribution < -0.4 is 5.32 Å². The number of nitrogens with one attached hydrogen (secondary N) is 1. The van der Waals surface area contributed by atoms with Gasteiger partial charge in [-0.15, -0.1) is 5.10 Å². The van der Waals surface area contributed by atoms with Gasteiger partial charge in [-0.1, -0.05) is 0 Å². The van der Waals surface area contributed by atoms with Crippen molar-refractivity contribution in [2.45, 2.75) is 13.0 Å². The maximum absolute atomic E-state index is 8.65. The van der Waals surface area contributed by atoms with Crippen LogP contribution in [-0.4, -0.2) is 52.4 Å². The Bertz CT molecular complexity index is 373. The van der Waals surface area contributed by atoms with E-state index in [2.05, 4.69) is 27.2 Å². The molecule has 2 heterocycles. The molecule has 6 nitrogen and oxygen atoms in total. The fourth-order valence-electron chi connectivity index (χ4n) is 1.89. The Balaban J connectivity index is 1.91. The molecule has 2 rings (SSSR count). The molecule has 16 heavy (non-hydrogen) atoms. The lowest BCUT2D eigenvalue weighted by Crippen LogP contribution is -2.45. The van der Waals surface area contributed by atoms with Crippen molar-refractivity contribution >= 4 is 0 Å². The largest absolute Gasteiger partial charge is 0.314 e. The number of nitriles is 1. The quantitative estimate of drug-likeness (QED) is 0.751. The Morgan fingerprint density at radius 3 is 2.94 bits per heavy atom. The summed E-state index contributed by atoms with van der Waals surface area (Å²) in [5.41, 5.74) is 0. The minimum atomic E-state index is 0.243. The van der Waals surface area contributed by atoms with Crippen LogP contribution in [0.2, 0.25) is 0 Å². The van der Waals surface area contributed by atoms with Gasteiger partial charge < -0.3 is 5.32 Å².